The fraction of sp³-hybridized carbons (Fsp3) is 0.0588. The number of nitrogens with zero attached hydrogens (tertiary/aromatic N) is 1. The van der Waals surface area contributed by atoms with E-state index in [1.54, 1.807) is 0 Å². The molecule has 1 heterocycles. The summed E-state index contributed by atoms with van der Waals surface area (Å²) in [6, 6.07) is -20.2. The highest BCUT2D eigenvalue weighted by Gasteiger charge is 2.51. The predicted octanol–water partition coefficient (Wildman–Crippen LogP) is 18.2. The normalized spacial score (nSPS) is 21.9. The van der Waals surface area contributed by atoms with Crippen molar-refractivity contribution < 1.29 is 55.1 Å². The number of hydrogen-bond donors (Lipinski definition) is 0. The van der Waals surface area contributed by atoms with Crippen LogP contribution in [0.25, 0.3) is 88.3 Å². The first kappa shape index (κ1) is 17.7. The fourth-order valence-electron chi connectivity index (χ4n) is 10.2. The lowest BCUT2D eigenvalue weighted by molar-refractivity contribution is 0.660. The minimum atomic E-state index is -3.87. The summed E-state index contributed by atoms with van der Waals surface area (Å²) in [5.74, 6) is 0. The second-order valence-corrected chi connectivity index (χ2v) is 16.6. The molecule has 0 N–H and O–H groups in total. The number of anilines is 3. The van der Waals surface area contributed by atoms with Crippen LogP contribution in [0.1, 0.15) is 97.8 Å². The Morgan fingerprint density at radius 2 is 1.04 bits per heavy atom. The Morgan fingerprint density at radius 3 is 1.80 bits per heavy atom. The van der Waals surface area contributed by atoms with E-state index in [0.717, 1.165) is 17.0 Å². The van der Waals surface area contributed by atoms with E-state index in [-0.39, 0.29) is 21.7 Å². The molecule has 0 radical (unpaired) electrons. The molecule has 328 valence electrons. The summed E-state index contributed by atoms with van der Waals surface area (Å²) in [6.45, 7) is -7.73. The molecule has 0 saturated carbocycles. The quantitative estimate of drug-likeness (QED) is 0.171. The third kappa shape index (κ3) is 5.28. The first-order valence-electron chi connectivity index (χ1n) is 40.0. The first-order valence-corrected chi connectivity index (χ1v) is 21.5. The van der Waals surface area contributed by atoms with E-state index in [4.69, 9.17) is 27.7 Å². The van der Waals surface area contributed by atoms with Crippen LogP contribution in [0.4, 0.5) is 17.1 Å². The van der Waals surface area contributed by atoms with Gasteiger partial charge in [0, 0.05) is 47.5 Å². The van der Waals surface area contributed by atoms with Gasteiger partial charge in [0.2, 0.25) is 0 Å². The average molecular weight is 929 g/mol. The molecule has 3 aliphatic carbocycles. The Kier molecular flexibility index (Phi) is 3.63. The maximum absolute atomic E-state index is 11.0. The predicted molar refractivity (Wildman–Crippen MR) is 291 cm³/mol. The molecule has 0 unspecified atom stereocenters. The van der Waals surface area contributed by atoms with Crippen LogP contribution in [0.3, 0.4) is 0 Å². The zero-order valence-corrected chi connectivity index (χ0v) is 35.5. The number of para-hydroxylation sites is 1. The van der Waals surface area contributed by atoms with Crippen LogP contribution < -0.4 is 4.90 Å². The van der Waals surface area contributed by atoms with Crippen LogP contribution in [-0.2, 0) is 10.8 Å². The van der Waals surface area contributed by atoms with E-state index >= 15 is 0 Å². The first-order chi connectivity index (χ1) is 49.9. The Bertz CT molecular complexity index is 6150. The van der Waals surface area contributed by atoms with Gasteiger partial charge in [-0.1, -0.05) is 195 Å². The highest BCUT2D eigenvalue weighted by atomic mass is 16.3. The molecule has 12 aromatic rings. The van der Waals surface area contributed by atoms with Gasteiger partial charge in [-0.05, 0) is 148 Å². The summed E-state index contributed by atoms with van der Waals surface area (Å²) in [5, 5.41) is -0.573. The van der Waals surface area contributed by atoms with Gasteiger partial charge in [-0.3, -0.25) is 0 Å². The lowest BCUT2D eigenvalue weighted by atomic mass is 9.70. The summed E-state index contributed by atoms with van der Waals surface area (Å²) in [5.41, 5.74) is -21.5. The summed E-state index contributed by atoms with van der Waals surface area (Å²) >= 11 is 0. The molecule has 0 atom stereocenters. The van der Waals surface area contributed by atoms with Gasteiger partial charge >= 0.3 is 0 Å². The highest BCUT2D eigenvalue weighted by molar-refractivity contribution is 6.08. The Hall–Kier alpha value is -8.72. The fourth-order valence-corrected chi connectivity index (χ4v) is 10.2. The average Bonchev–Trinajstić information content (AvgIpc) is 1.48. The standard InChI is InChI=1S/C68H45NO/c1-67(2)58-25-10-5-23-53(58)57-39-44(31-37-59(57)67)66-48-19-4-3-16-42(48)30-34-49(66)43-17-15-18-45(38-43)69(47-33-36-56-55-24-9-14-29-64(55)70-65(56)41-47)46-32-35-54-52-22-8-13-28-62(52)68(63(54)40-46)60-26-11-6-20-50(60)51-21-7-12-27-61(51)68/h3-41H,1-2H3/i1D3,2D3,4D,5D,6D,7D,8D,9D,10D,11D,12D,13D,14D,17D,18D,19D,20D,21D,22D,23D,24D,25D,26D,27D,28D,29D,31D,32D,35D,37D,38D,39D,40D. The minimum absolute atomic E-state index is 0.00963. The molecule has 1 aromatic heterocycles. The van der Waals surface area contributed by atoms with Crippen molar-refractivity contribution in [1.29, 1.82) is 0 Å². The van der Waals surface area contributed by atoms with Gasteiger partial charge in [0.05, 0.1) is 47.9 Å². The van der Waals surface area contributed by atoms with Crippen molar-refractivity contribution in [2.24, 2.45) is 0 Å². The summed E-state index contributed by atoms with van der Waals surface area (Å²) in [6.07, 6.45) is 0. The van der Waals surface area contributed by atoms with Gasteiger partial charge < -0.3 is 9.32 Å². The van der Waals surface area contributed by atoms with Crippen molar-refractivity contribution in [1.82, 2.24) is 0 Å². The van der Waals surface area contributed by atoms with Crippen LogP contribution in [0, 0.1) is 0 Å². The highest BCUT2D eigenvalue weighted by Crippen LogP contribution is 2.63. The molecule has 0 bridgehead atoms. The molecule has 11 aromatic carbocycles. The second kappa shape index (κ2) is 14.4. The topological polar surface area (TPSA) is 16.4 Å². The molecule has 0 saturated heterocycles. The molecule has 0 amide bonds. The SMILES string of the molecule is [2H]c1cc([2H])c(N(c2ccc3c(c2)oc2c([2H])c([2H])c([2H])c([2H])c23)c2c([2H])c([2H])c3c(c2[2H])C2(c4c([2H])c([2H])c([2H])c([2H])c4-c4c([2H])c([2H])c([2H])c([2H])c42)c2c([2H])c([2H])c([2H])c([2H])c2-3)c([2H])c1-c1ccc2ccc([2H])c([2H])c2c1-c1c([2H])c([2H])c2c(c1[2H])-c1c([2H])c([2H])c([2H])c([2H])c1C2(C([2H])([2H])[2H])C([2H])([2H])[2H]. The van der Waals surface area contributed by atoms with E-state index in [0.29, 0.717) is 0 Å². The summed E-state index contributed by atoms with van der Waals surface area (Å²) in [4.78, 5) is 0.816. The maximum atomic E-state index is 11.0. The molecule has 15 rings (SSSR count). The van der Waals surface area contributed by atoms with Crippen LogP contribution in [-0.4, -0.2) is 0 Å². The van der Waals surface area contributed by atoms with E-state index < -0.39 is 329 Å². The number of rotatable bonds is 5. The van der Waals surface area contributed by atoms with E-state index in [1.165, 1.54) is 36.4 Å². The third-order valence-corrected chi connectivity index (χ3v) is 13.1. The number of hydrogen-bond acceptors (Lipinski definition) is 2. The zero-order valence-electron chi connectivity index (χ0n) is 72.5. The second-order valence-electron chi connectivity index (χ2n) is 16.6. The minimum Gasteiger partial charge on any atom is -0.456 e. The molecule has 70 heavy (non-hydrogen) atoms. The summed E-state index contributed by atoms with van der Waals surface area (Å²) < 4.78 is 354. The molecular weight excluding hydrogens is 847 g/mol. The van der Waals surface area contributed by atoms with Gasteiger partial charge in [-0.2, -0.15) is 0 Å². The molecule has 2 heteroatoms. The van der Waals surface area contributed by atoms with Crippen molar-refractivity contribution in [2.45, 2.75) is 24.5 Å². The van der Waals surface area contributed by atoms with Gasteiger partial charge in [0.1, 0.15) is 11.2 Å². The Balaban J connectivity index is 1.13. The Labute approximate surface area is 459 Å². The van der Waals surface area contributed by atoms with E-state index in [2.05, 4.69) is 0 Å². The van der Waals surface area contributed by atoms with Crippen molar-refractivity contribution in [3.8, 4) is 55.6 Å². The molecule has 1 spiro atoms. The van der Waals surface area contributed by atoms with Crippen LogP contribution in [0.15, 0.2) is 240 Å². The lowest BCUT2D eigenvalue weighted by Gasteiger charge is -2.32. The zero-order chi connectivity index (χ0) is 78.3. The molecular formula is C68H45NO. The smallest absolute Gasteiger partial charge is 0.137 e. The van der Waals surface area contributed by atoms with Gasteiger partial charge in [-0.15, -0.1) is 0 Å². The van der Waals surface area contributed by atoms with Gasteiger partial charge in [0.15, 0.2) is 0 Å². The number of furan rings is 1. The van der Waals surface area contributed by atoms with Crippen molar-refractivity contribution >= 4 is 49.8 Å². The third-order valence-electron chi connectivity index (χ3n) is 13.1. The van der Waals surface area contributed by atoms with Crippen LogP contribution >= 0.6 is 0 Å². The molecule has 3 aliphatic rings. The van der Waals surface area contributed by atoms with Crippen molar-refractivity contribution in [3.63, 3.8) is 0 Å². The van der Waals surface area contributed by atoms with Crippen LogP contribution in [0.2, 0.25) is 0 Å². The molecule has 0 fully saturated rings. The van der Waals surface area contributed by atoms with E-state index in [1.807, 2.05) is 0 Å². The largest absolute Gasteiger partial charge is 0.456 e. The monoisotopic (exact) mass is 929 g/mol. The van der Waals surface area contributed by atoms with Crippen LogP contribution in [0.5, 0.6) is 0 Å². The lowest BCUT2D eigenvalue weighted by Crippen LogP contribution is -2.26. The molecule has 0 aliphatic heterocycles. The summed E-state index contributed by atoms with van der Waals surface area (Å²) in [7, 11) is 0. The van der Waals surface area contributed by atoms with Crippen molar-refractivity contribution in [2.75, 3.05) is 4.90 Å². The molecule has 2 nitrogen and oxygen atoms in total. The number of benzene rings is 11. The van der Waals surface area contributed by atoms with Gasteiger partial charge in [-0.25, -0.2) is 0 Å². The van der Waals surface area contributed by atoms with E-state index in [9.17, 15) is 27.4 Å². The maximum Gasteiger partial charge on any atom is 0.137 e. The number of fused-ring (bicyclic) bond motifs is 17. The Morgan fingerprint density at radius 1 is 0.400 bits per heavy atom. The van der Waals surface area contributed by atoms with Gasteiger partial charge in [0.25, 0.3) is 0 Å². The van der Waals surface area contributed by atoms with Crippen molar-refractivity contribution in [3.05, 3.63) is 269 Å².